The molecule has 0 saturated carbocycles. The molecule has 0 bridgehead atoms. The molecule has 0 fully saturated rings. The second kappa shape index (κ2) is 6.67. The maximum atomic E-state index is 12.1. The van der Waals surface area contributed by atoms with Crippen LogP contribution in [0.15, 0.2) is 17.2 Å². The number of hydrogen-bond donors (Lipinski definition) is 1. The maximum Gasteiger partial charge on any atom is 0.405 e. The Kier molecular flexibility index (Phi) is 5.65. The van der Waals surface area contributed by atoms with Crippen LogP contribution in [0.1, 0.15) is 10.5 Å². The van der Waals surface area contributed by atoms with E-state index in [0.717, 1.165) is 16.8 Å². The first-order chi connectivity index (χ1) is 9.54. The van der Waals surface area contributed by atoms with Crippen molar-refractivity contribution in [3.8, 4) is 0 Å². The zero-order valence-electron chi connectivity index (χ0n) is 10.8. The summed E-state index contributed by atoms with van der Waals surface area (Å²) in [5.74, 6) is -1.06. The van der Waals surface area contributed by atoms with Crippen LogP contribution >= 0.6 is 10.7 Å². The first-order valence-electron chi connectivity index (χ1n) is 5.53. The number of aromatic nitrogens is 1. The minimum Gasteiger partial charge on any atom is -0.383 e. The van der Waals surface area contributed by atoms with E-state index in [1.165, 1.54) is 7.11 Å². The second-order valence-electron chi connectivity index (χ2n) is 3.98. The summed E-state index contributed by atoms with van der Waals surface area (Å²) in [6.07, 6.45) is -3.51. The lowest BCUT2D eigenvalue weighted by Crippen LogP contribution is -2.34. The van der Waals surface area contributed by atoms with Crippen LogP contribution in [0, 0.1) is 0 Å². The van der Waals surface area contributed by atoms with Crippen LogP contribution in [0.25, 0.3) is 0 Å². The number of carbonyl (C=O) groups is 1. The van der Waals surface area contributed by atoms with Crippen LogP contribution in [-0.2, 0) is 20.3 Å². The average Bonchev–Trinajstić information content (AvgIpc) is 2.76. The lowest BCUT2D eigenvalue weighted by atomic mass is 10.4. The molecule has 0 saturated heterocycles. The number of halogens is 4. The second-order valence-corrected chi connectivity index (χ2v) is 6.55. The molecule has 1 aromatic heterocycles. The van der Waals surface area contributed by atoms with Gasteiger partial charge in [0.2, 0.25) is 0 Å². The molecule has 0 radical (unpaired) electrons. The average molecular weight is 349 g/mol. The molecule has 21 heavy (non-hydrogen) atoms. The fourth-order valence-corrected chi connectivity index (χ4v) is 2.21. The summed E-state index contributed by atoms with van der Waals surface area (Å²) in [6, 6.07) is 0.906. The number of nitrogens with zero attached hydrogens (tertiary/aromatic N) is 1. The SMILES string of the molecule is COCCn1cc(S(=O)(=O)Cl)cc1C(=O)NCC(F)(F)F. The van der Waals surface area contributed by atoms with E-state index in [1.54, 1.807) is 5.32 Å². The van der Waals surface area contributed by atoms with E-state index in [4.69, 9.17) is 15.4 Å². The Labute approximate surface area is 123 Å². The Morgan fingerprint density at radius 3 is 2.57 bits per heavy atom. The summed E-state index contributed by atoms with van der Waals surface area (Å²) >= 11 is 0. The molecule has 0 atom stereocenters. The predicted octanol–water partition coefficient (Wildman–Crippen LogP) is 1.35. The third-order valence-electron chi connectivity index (χ3n) is 2.37. The maximum absolute atomic E-state index is 12.1. The normalized spacial score (nSPS) is 12.4. The molecule has 1 N–H and O–H groups in total. The third kappa shape index (κ3) is 5.56. The number of ether oxygens (including phenoxy) is 1. The summed E-state index contributed by atoms with van der Waals surface area (Å²) in [5.41, 5.74) is -0.254. The van der Waals surface area contributed by atoms with E-state index in [0.29, 0.717) is 0 Å². The van der Waals surface area contributed by atoms with Crippen LogP contribution < -0.4 is 5.32 Å². The van der Waals surface area contributed by atoms with Gasteiger partial charge in [-0.15, -0.1) is 0 Å². The number of alkyl halides is 3. The standard InChI is InChI=1S/C10H12ClF3N2O4S/c1-20-3-2-16-5-7(21(11,18)19)4-8(16)9(17)15-6-10(12,13)14/h4-5H,2-3,6H2,1H3,(H,15,17). The van der Waals surface area contributed by atoms with Crippen molar-refractivity contribution in [1.29, 1.82) is 0 Å². The van der Waals surface area contributed by atoms with E-state index >= 15 is 0 Å². The highest BCUT2D eigenvalue weighted by Crippen LogP contribution is 2.19. The van der Waals surface area contributed by atoms with Gasteiger partial charge in [0.25, 0.3) is 15.0 Å². The summed E-state index contributed by atoms with van der Waals surface area (Å²) in [6.45, 7) is -1.31. The van der Waals surface area contributed by atoms with Gasteiger partial charge in [-0.25, -0.2) is 8.42 Å². The topological polar surface area (TPSA) is 77.4 Å². The molecule has 6 nitrogen and oxygen atoms in total. The van der Waals surface area contributed by atoms with Crippen molar-refractivity contribution in [2.24, 2.45) is 0 Å². The van der Waals surface area contributed by atoms with Gasteiger partial charge in [0.15, 0.2) is 0 Å². The first-order valence-corrected chi connectivity index (χ1v) is 7.84. The highest BCUT2D eigenvalue weighted by atomic mass is 35.7. The molecule has 1 heterocycles. The van der Waals surface area contributed by atoms with Gasteiger partial charge < -0.3 is 14.6 Å². The number of hydrogen-bond acceptors (Lipinski definition) is 4. The van der Waals surface area contributed by atoms with Crippen molar-refractivity contribution in [2.45, 2.75) is 17.6 Å². The lowest BCUT2D eigenvalue weighted by molar-refractivity contribution is -0.123. The Morgan fingerprint density at radius 1 is 1.48 bits per heavy atom. The number of rotatable bonds is 6. The van der Waals surface area contributed by atoms with Crippen molar-refractivity contribution < 1.29 is 31.1 Å². The first kappa shape index (κ1) is 17.8. The Bertz CT molecular complexity index is 612. The van der Waals surface area contributed by atoms with Gasteiger partial charge in [-0.1, -0.05) is 0 Å². The summed E-state index contributed by atoms with van der Waals surface area (Å²) < 4.78 is 64.6. The molecule has 0 aromatic carbocycles. The number of carbonyl (C=O) groups excluding carboxylic acids is 1. The van der Waals surface area contributed by atoms with Crippen LogP contribution in [-0.4, -0.2) is 45.3 Å². The van der Waals surface area contributed by atoms with Gasteiger partial charge in [0.1, 0.15) is 17.1 Å². The van der Waals surface area contributed by atoms with E-state index in [-0.39, 0.29) is 23.7 Å². The smallest absolute Gasteiger partial charge is 0.383 e. The van der Waals surface area contributed by atoms with Crippen LogP contribution in [0.2, 0.25) is 0 Å². The number of amides is 1. The largest absolute Gasteiger partial charge is 0.405 e. The molecule has 0 unspecified atom stereocenters. The zero-order chi connectivity index (χ0) is 16.3. The van der Waals surface area contributed by atoms with E-state index < -0.39 is 27.7 Å². The van der Waals surface area contributed by atoms with Gasteiger partial charge in [0, 0.05) is 30.5 Å². The highest BCUT2D eigenvalue weighted by molar-refractivity contribution is 8.13. The Hall–Kier alpha value is -1.26. The third-order valence-corrected chi connectivity index (χ3v) is 3.69. The quantitative estimate of drug-likeness (QED) is 0.787. The van der Waals surface area contributed by atoms with Gasteiger partial charge in [-0.2, -0.15) is 13.2 Å². The van der Waals surface area contributed by atoms with Crippen molar-refractivity contribution in [3.05, 3.63) is 18.0 Å². The van der Waals surface area contributed by atoms with Crippen molar-refractivity contribution in [2.75, 3.05) is 20.3 Å². The molecule has 120 valence electrons. The number of methoxy groups -OCH3 is 1. The minimum atomic E-state index is -4.57. The Balaban J connectivity index is 3.02. The zero-order valence-corrected chi connectivity index (χ0v) is 12.3. The van der Waals surface area contributed by atoms with Gasteiger partial charge >= 0.3 is 6.18 Å². The van der Waals surface area contributed by atoms with Crippen molar-refractivity contribution >= 4 is 25.6 Å². The predicted molar refractivity (Wildman–Crippen MR) is 67.7 cm³/mol. The molecule has 11 heteroatoms. The van der Waals surface area contributed by atoms with Crippen molar-refractivity contribution in [3.63, 3.8) is 0 Å². The van der Waals surface area contributed by atoms with Gasteiger partial charge in [-0.05, 0) is 6.07 Å². The van der Waals surface area contributed by atoms with Gasteiger partial charge in [-0.3, -0.25) is 4.79 Å². The molecule has 0 aliphatic rings. The molecular weight excluding hydrogens is 337 g/mol. The van der Waals surface area contributed by atoms with E-state index in [2.05, 4.69) is 0 Å². The Morgan fingerprint density at radius 2 is 2.10 bits per heavy atom. The van der Waals surface area contributed by atoms with Crippen LogP contribution in [0.3, 0.4) is 0 Å². The summed E-state index contributed by atoms with van der Waals surface area (Å²) in [7, 11) is 2.43. The van der Waals surface area contributed by atoms with Crippen LogP contribution in [0.5, 0.6) is 0 Å². The fraction of sp³-hybridized carbons (Fsp3) is 0.500. The molecular formula is C10H12ClF3N2O4S. The summed E-state index contributed by atoms with van der Waals surface area (Å²) in [4.78, 5) is 11.3. The molecule has 0 aliphatic carbocycles. The molecule has 0 aliphatic heterocycles. The highest BCUT2D eigenvalue weighted by Gasteiger charge is 2.29. The van der Waals surface area contributed by atoms with E-state index in [9.17, 15) is 26.4 Å². The van der Waals surface area contributed by atoms with Crippen LogP contribution in [0.4, 0.5) is 13.2 Å². The summed E-state index contributed by atoms with van der Waals surface area (Å²) in [5, 5.41) is 1.66. The van der Waals surface area contributed by atoms with E-state index in [1.807, 2.05) is 0 Å². The fourth-order valence-electron chi connectivity index (χ4n) is 1.45. The molecule has 1 amide bonds. The minimum absolute atomic E-state index is 0.0810. The lowest BCUT2D eigenvalue weighted by Gasteiger charge is -2.10. The van der Waals surface area contributed by atoms with Crippen molar-refractivity contribution in [1.82, 2.24) is 9.88 Å². The molecule has 1 rings (SSSR count). The molecule has 0 spiro atoms. The number of nitrogens with one attached hydrogen (secondary N) is 1. The monoisotopic (exact) mass is 348 g/mol. The van der Waals surface area contributed by atoms with Gasteiger partial charge in [0.05, 0.1) is 6.61 Å². The molecule has 1 aromatic rings.